The Balaban J connectivity index is 0.000000595. The van der Waals surface area contributed by atoms with Gasteiger partial charge < -0.3 is 20.1 Å². The van der Waals surface area contributed by atoms with Crippen LogP contribution in [0.1, 0.15) is 11.5 Å². The lowest BCUT2D eigenvalue weighted by Crippen LogP contribution is -2.41. The van der Waals surface area contributed by atoms with Crippen molar-refractivity contribution in [2.24, 2.45) is 5.92 Å². The number of carbonyl (C=O) groups excluding carboxylic acids is 1. The zero-order valence-electron chi connectivity index (χ0n) is 12.8. The summed E-state index contributed by atoms with van der Waals surface area (Å²) in [5.41, 5.74) is 0.597. The Labute approximate surface area is 132 Å². The SMILES string of the molecule is Cc1nc(CN2C[C@H]3COC[C@@H](C2)C(=O)N3)cc(=O)[nH]1.O=CO. The van der Waals surface area contributed by atoms with Gasteiger partial charge in [-0.15, -0.1) is 0 Å². The predicted molar refractivity (Wildman–Crippen MR) is 79.8 cm³/mol. The van der Waals surface area contributed by atoms with Crippen LogP contribution in [-0.2, 0) is 20.9 Å². The summed E-state index contributed by atoms with van der Waals surface area (Å²) in [6.45, 7) is 4.45. The molecule has 1 aromatic rings. The fourth-order valence-electron chi connectivity index (χ4n) is 2.80. The van der Waals surface area contributed by atoms with Crippen LogP contribution in [0.25, 0.3) is 0 Å². The van der Waals surface area contributed by atoms with E-state index in [0.29, 0.717) is 32.1 Å². The second-order valence-electron chi connectivity index (χ2n) is 5.56. The van der Waals surface area contributed by atoms with Crippen molar-refractivity contribution in [2.75, 3.05) is 26.3 Å². The van der Waals surface area contributed by atoms with E-state index in [2.05, 4.69) is 20.2 Å². The van der Waals surface area contributed by atoms with Crippen molar-refractivity contribution in [1.29, 1.82) is 0 Å². The highest BCUT2D eigenvalue weighted by Crippen LogP contribution is 2.15. The highest BCUT2D eigenvalue weighted by Gasteiger charge is 2.33. The lowest BCUT2D eigenvalue weighted by molar-refractivity contribution is -0.125. The van der Waals surface area contributed by atoms with Crippen LogP contribution in [0.15, 0.2) is 10.9 Å². The number of aromatic nitrogens is 2. The van der Waals surface area contributed by atoms with E-state index in [1.807, 2.05) is 0 Å². The average molecular weight is 324 g/mol. The summed E-state index contributed by atoms with van der Waals surface area (Å²) < 4.78 is 5.49. The van der Waals surface area contributed by atoms with Gasteiger partial charge in [0.1, 0.15) is 5.82 Å². The summed E-state index contributed by atoms with van der Waals surface area (Å²) in [6, 6.07) is 1.53. The van der Waals surface area contributed by atoms with Crippen LogP contribution in [0.2, 0.25) is 0 Å². The van der Waals surface area contributed by atoms with Crippen molar-refractivity contribution < 1.29 is 19.4 Å². The summed E-state index contributed by atoms with van der Waals surface area (Å²) >= 11 is 0. The Kier molecular flexibility index (Phi) is 5.83. The van der Waals surface area contributed by atoms with Gasteiger partial charge in [-0.2, -0.15) is 0 Å². The van der Waals surface area contributed by atoms with Gasteiger partial charge in [0.05, 0.1) is 30.9 Å². The number of carboxylic acid groups (broad SMARTS) is 1. The van der Waals surface area contributed by atoms with E-state index in [1.165, 1.54) is 6.07 Å². The molecule has 1 aromatic heterocycles. The quantitative estimate of drug-likeness (QED) is 0.579. The molecule has 0 saturated carbocycles. The first-order chi connectivity index (χ1) is 11.0. The minimum absolute atomic E-state index is 0.0121. The number of H-pyrrole nitrogens is 1. The second-order valence-corrected chi connectivity index (χ2v) is 5.56. The fraction of sp³-hybridized carbons (Fsp3) is 0.571. The van der Waals surface area contributed by atoms with Crippen LogP contribution < -0.4 is 10.9 Å². The molecule has 2 fully saturated rings. The van der Waals surface area contributed by atoms with Gasteiger partial charge in [0.2, 0.25) is 5.91 Å². The molecule has 0 aromatic carbocycles. The van der Waals surface area contributed by atoms with Crippen molar-refractivity contribution in [2.45, 2.75) is 19.5 Å². The Hall–Kier alpha value is -2.26. The molecule has 2 aliphatic heterocycles. The Morgan fingerprint density at radius 3 is 2.87 bits per heavy atom. The van der Waals surface area contributed by atoms with E-state index in [-0.39, 0.29) is 29.9 Å². The number of carbonyl (C=O) groups is 2. The first kappa shape index (κ1) is 17.1. The molecule has 0 aliphatic carbocycles. The van der Waals surface area contributed by atoms with Gasteiger partial charge in [0.15, 0.2) is 0 Å². The lowest BCUT2D eigenvalue weighted by Gasteiger charge is -2.27. The summed E-state index contributed by atoms with van der Waals surface area (Å²) in [6.07, 6.45) is 0. The molecule has 2 atom stereocenters. The van der Waals surface area contributed by atoms with Crippen LogP contribution in [0.4, 0.5) is 0 Å². The maximum atomic E-state index is 11.9. The molecule has 0 radical (unpaired) electrons. The van der Waals surface area contributed by atoms with Crippen molar-refractivity contribution in [3.05, 3.63) is 27.9 Å². The molecule has 3 rings (SSSR count). The van der Waals surface area contributed by atoms with Gasteiger partial charge in [-0.1, -0.05) is 0 Å². The van der Waals surface area contributed by atoms with Crippen LogP contribution in [0.3, 0.4) is 0 Å². The number of aromatic amines is 1. The number of amides is 1. The number of nitrogens with one attached hydrogen (secondary N) is 2. The van der Waals surface area contributed by atoms with Gasteiger partial charge in [-0.05, 0) is 6.92 Å². The van der Waals surface area contributed by atoms with E-state index >= 15 is 0 Å². The molecule has 0 unspecified atom stereocenters. The smallest absolute Gasteiger partial charge is 0.290 e. The molecular formula is C14H20N4O5. The Morgan fingerprint density at radius 1 is 1.43 bits per heavy atom. The van der Waals surface area contributed by atoms with E-state index in [1.54, 1.807) is 6.92 Å². The highest BCUT2D eigenvalue weighted by molar-refractivity contribution is 5.79. The van der Waals surface area contributed by atoms with Gasteiger partial charge in [-0.3, -0.25) is 19.3 Å². The van der Waals surface area contributed by atoms with Crippen molar-refractivity contribution in [3.63, 3.8) is 0 Å². The van der Waals surface area contributed by atoms with E-state index < -0.39 is 0 Å². The average Bonchev–Trinajstić information content (AvgIpc) is 2.67. The standard InChI is InChI=1S/C13H18N4O3.CH2O2/c1-8-14-10(2-12(18)15-8)4-17-3-9-6-20-7-11(5-17)16-13(9)19;2-1-3/h2,9,11H,3-7H2,1H3,(H,16,19)(H,14,15,18);1H,(H,2,3)/t9-,11+;/m1./s1. The van der Waals surface area contributed by atoms with Crippen molar-refractivity contribution >= 4 is 12.4 Å². The minimum atomic E-state index is -0.250. The summed E-state index contributed by atoms with van der Waals surface area (Å²) in [5.74, 6) is 0.524. The third-order valence-electron chi connectivity index (χ3n) is 3.61. The zero-order chi connectivity index (χ0) is 16.8. The molecule has 23 heavy (non-hydrogen) atoms. The van der Waals surface area contributed by atoms with E-state index in [9.17, 15) is 9.59 Å². The molecule has 2 aliphatic rings. The molecule has 2 saturated heterocycles. The van der Waals surface area contributed by atoms with Gasteiger partial charge in [-0.25, -0.2) is 4.98 Å². The van der Waals surface area contributed by atoms with Crippen molar-refractivity contribution in [3.8, 4) is 0 Å². The molecular weight excluding hydrogens is 304 g/mol. The molecule has 9 nitrogen and oxygen atoms in total. The topological polar surface area (TPSA) is 125 Å². The number of rotatable bonds is 2. The lowest BCUT2D eigenvalue weighted by atomic mass is 10.1. The third-order valence-corrected chi connectivity index (χ3v) is 3.61. The molecule has 0 spiro atoms. The monoisotopic (exact) mass is 324 g/mol. The summed E-state index contributed by atoms with van der Waals surface area (Å²) in [4.78, 5) is 40.9. The van der Waals surface area contributed by atoms with Gasteiger partial charge >= 0.3 is 0 Å². The third kappa shape index (κ3) is 4.86. The van der Waals surface area contributed by atoms with E-state index in [4.69, 9.17) is 14.6 Å². The first-order valence-electron chi connectivity index (χ1n) is 7.27. The van der Waals surface area contributed by atoms with Crippen molar-refractivity contribution in [1.82, 2.24) is 20.2 Å². The summed E-state index contributed by atoms with van der Waals surface area (Å²) in [5, 5.41) is 9.87. The van der Waals surface area contributed by atoms with Crippen LogP contribution in [0.5, 0.6) is 0 Å². The van der Waals surface area contributed by atoms with Gasteiger partial charge in [0, 0.05) is 25.7 Å². The van der Waals surface area contributed by atoms with E-state index in [0.717, 1.165) is 12.2 Å². The largest absolute Gasteiger partial charge is 0.483 e. The molecule has 3 N–H and O–H groups in total. The summed E-state index contributed by atoms with van der Waals surface area (Å²) in [7, 11) is 0. The van der Waals surface area contributed by atoms with Gasteiger partial charge in [0.25, 0.3) is 12.0 Å². The molecule has 1 amide bonds. The normalized spacial score (nSPS) is 24.0. The second kappa shape index (κ2) is 7.84. The number of hydrogen-bond donors (Lipinski definition) is 3. The Morgan fingerprint density at radius 2 is 2.17 bits per heavy atom. The maximum Gasteiger partial charge on any atom is 0.290 e. The molecule has 126 valence electrons. The molecule has 9 heteroatoms. The maximum absolute atomic E-state index is 11.9. The van der Waals surface area contributed by atoms with Crippen LogP contribution in [-0.4, -0.2) is 64.7 Å². The molecule has 2 bridgehead atoms. The number of aryl methyl sites for hydroxylation is 1. The zero-order valence-corrected chi connectivity index (χ0v) is 12.8. The predicted octanol–water partition coefficient (Wildman–Crippen LogP) is -1.27. The molecule has 3 heterocycles. The minimum Gasteiger partial charge on any atom is -0.483 e. The number of fused-ring (bicyclic) bond motifs is 3. The van der Waals surface area contributed by atoms with Crippen LogP contribution in [0, 0.1) is 12.8 Å². The highest BCUT2D eigenvalue weighted by atomic mass is 16.5. The van der Waals surface area contributed by atoms with Crippen LogP contribution >= 0.6 is 0 Å². The first-order valence-corrected chi connectivity index (χ1v) is 7.27. The number of hydrogen-bond acceptors (Lipinski definition) is 6. The Bertz CT molecular complexity index is 617. The fourth-order valence-corrected chi connectivity index (χ4v) is 2.80. The number of nitrogens with zero attached hydrogens (tertiary/aromatic N) is 2. The number of ether oxygens (including phenoxy) is 1.